The maximum absolute atomic E-state index is 13.7. The lowest BCUT2D eigenvalue weighted by Gasteiger charge is -2.49. The van der Waals surface area contributed by atoms with Crippen molar-refractivity contribution in [3.8, 4) is 0 Å². The van der Waals surface area contributed by atoms with Crippen molar-refractivity contribution in [2.24, 2.45) is 0 Å². The summed E-state index contributed by atoms with van der Waals surface area (Å²) in [6.45, 7) is 0.910. The summed E-state index contributed by atoms with van der Waals surface area (Å²) in [5.74, 6) is -5.32. The van der Waals surface area contributed by atoms with E-state index in [2.05, 4.69) is 5.32 Å². The summed E-state index contributed by atoms with van der Waals surface area (Å²) in [6, 6.07) is 1.35. The molecule has 1 saturated heterocycles. The Morgan fingerprint density at radius 3 is 2.68 bits per heavy atom. The van der Waals surface area contributed by atoms with E-state index in [-0.39, 0.29) is 23.6 Å². The van der Waals surface area contributed by atoms with Gasteiger partial charge in [0.1, 0.15) is 35.4 Å². The maximum atomic E-state index is 13.7. The van der Waals surface area contributed by atoms with Crippen molar-refractivity contribution < 1.29 is 37.8 Å². The number of ether oxygens (including phenoxy) is 1. The summed E-state index contributed by atoms with van der Waals surface area (Å²) < 4.78 is 31.5. The smallest absolute Gasteiger partial charge is 0.352 e. The number of carboxylic acid groups (broad SMARTS) is 1. The lowest BCUT2D eigenvalue weighted by Crippen LogP contribution is -2.70. The number of hydrogen-bond donors (Lipinski definition) is 2. The third-order valence-electron chi connectivity index (χ3n) is 4.16. The fourth-order valence-electron chi connectivity index (χ4n) is 2.88. The van der Waals surface area contributed by atoms with Crippen LogP contribution in [0.1, 0.15) is 17.3 Å². The zero-order valence-electron chi connectivity index (χ0n) is 14.4. The number of β-lactam (4-membered cyclic amide) rings is 1. The lowest BCUT2D eigenvalue weighted by atomic mass is 10.0. The number of halogens is 2. The summed E-state index contributed by atoms with van der Waals surface area (Å²) in [4.78, 5) is 48.2. The molecular formula is C17H14F2N2O6S. The van der Waals surface area contributed by atoms with E-state index in [9.17, 15) is 33.1 Å². The van der Waals surface area contributed by atoms with Crippen molar-refractivity contribution in [2.45, 2.75) is 18.3 Å². The minimum absolute atomic E-state index is 0.167. The molecule has 1 aromatic rings. The highest BCUT2D eigenvalue weighted by molar-refractivity contribution is 8.00. The van der Waals surface area contributed by atoms with Gasteiger partial charge in [0.25, 0.3) is 11.8 Å². The summed E-state index contributed by atoms with van der Waals surface area (Å²) >= 11 is 1.17. The number of rotatable bonds is 5. The number of nitrogens with one attached hydrogen (secondary N) is 1. The van der Waals surface area contributed by atoms with Crippen LogP contribution in [0.25, 0.3) is 0 Å². The minimum atomic E-state index is -1.37. The van der Waals surface area contributed by atoms with E-state index in [1.807, 2.05) is 0 Å². The maximum Gasteiger partial charge on any atom is 0.352 e. The van der Waals surface area contributed by atoms with Gasteiger partial charge in [-0.2, -0.15) is 0 Å². The van der Waals surface area contributed by atoms with Gasteiger partial charge in [0.15, 0.2) is 0 Å². The highest BCUT2D eigenvalue weighted by Crippen LogP contribution is 2.40. The second-order valence-corrected chi connectivity index (χ2v) is 7.13. The number of carbonyl (C=O) groups is 4. The topological polar surface area (TPSA) is 113 Å². The molecule has 28 heavy (non-hydrogen) atoms. The fraction of sp³-hybridized carbons (Fsp3) is 0.294. The second-order valence-electron chi connectivity index (χ2n) is 6.02. The van der Waals surface area contributed by atoms with E-state index in [0.29, 0.717) is 6.07 Å². The van der Waals surface area contributed by atoms with E-state index >= 15 is 0 Å². The number of aliphatic carboxylic acids is 1. The van der Waals surface area contributed by atoms with Gasteiger partial charge < -0.3 is 15.2 Å². The number of hydrogen-bond acceptors (Lipinski definition) is 6. The Morgan fingerprint density at radius 2 is 2.07 bits per heavy atom. The van der Waals surface area contributed by atoms with Gasteiger partial charge in [0.2, 0.25) is 0 Å². The molecular weight excluding hydrogens is 398 g/mol. The number of amides is 2. The van der Waals surface area contributed by atoms with Crippen LogP contribution in [0.15, 0.2) is 29.5 Å². The average molecular weight is 412 g/mol. The van der Waals surface area contributed by atoms with Crippen LogP contribution in [0.2, 0.25) is 0 Å². The predicted octanol–water partition coefficient (Wildman–Crippen LogP) is 0.880. The van der Waals surface area contributed by atoms with Gasteiger partial charge in [-0.3, -0.25) is 19.3 Å². The summed E-state index contributed by atoms with van der Waals surface area (Å²) in [7, 11) is 0. The molecule has 2 N–H and O–H groups in total. The Labute approximate surface area is 161 Å². The molecule has 0 unspecified atom stereocenters. The van der Waals surface area contributed by atoms with Crippen LogP contribution in [0, 0.1) is 11.6 Å². The van der Waals surface area contributed by atoms with Gasteiger partial charge >= 0.3 is 11.9 Å². The second kappa shape index (κ2) is 7.58. The third-order valence-corrected chi connectivity index (χ3v) is 5.50. The van der Waals surface area contributed by atoms with Crippen molar-refractivity contribution >= 4 is 35.5 Å². The predicted molar refractivity (Wildman–Crippen MR) is 92.0 cm³/mol. The summed E-state index contributed by atoms with van der Waals surface area (Å²) in [6.07, 6.45) is 0. The Morgan fingerprint density at radius 1 is 1.36 bits per heavy atom. The number of benzene rings is 1. The van der Waals surface area contributed by atoms with Crippen LogP contribution in [0.3, 0.4) is 0 Å². The average Bonchev–Trinajstić information content (AvgIpc) is 2.63. The first-order valence-electron chi connectivity index (χ1n) is 8.00. The van der Waals surface area contributed by atoms with E-state index in [1.165, 1.54) is 18.7 Å². The van der Waals surface area contributed by atoms with Crippen LogP contribution in [0.5, 0.6) is 0 Å². The van der Waals surface area contributed by atoms with Crippen molar-refractivity contribution in [3.05, 3.63) is 46.7 Å². The van der Waals surface area contributed by atoms with Crippen LogP contribution < -0.4 is 5.32 Å². The van der Waals surface area contributed by atoms with Crippen molar-refractivity contribution in [3.63, 3.8) is 0 Å². The molecule has 8 nitrogen and oxygen atoms in total. The zero-order chi connectivity index (χ0) is 20.6. The van der Waals surface area contributed by atoms with Gasteiger partial charge in [0, 0.05) is 24.3 Å². The largest absolute Gasteiger partial charge is 0.477 e. The first kappa shape index (κ1) is 19.8. The molecule has 2 aliphatic rings. The quantitative estimate of drug-likeness (QED) is 0.545. The molecule has 11 heteroatoms. The molecule has 0 aliphatic carbocycles. The molecule has 0 saturated carbocycles. The van der Waals surface area contributed by atoms with E-state index in [1.54, 1.807) is 0 Å². The van der Waals surface area contributed by atoms with Gasteiger partial charge in [-0.25, -0.2) is 13.6 Å². The first-order chi connectivity index (χ1) is 13.2. The van der Waals surface area contributed by atoms with Gasteiger partial charge in [-0.15, -0.1) is 11.8 Å². The highest BCUT2D eigenvalue weighted by atomic mass is 32.2. The monoisotopic (exact) mass is 412 g/mol. The molecule has 1 aromatic carbocycles. The zero-order valence-corrected chi connectivity index (χ0v) is 15.2. The number of fused-ring (bicyclic) bond motifs is 1. The van der Waals surface area contributed by atoms with E-state index < -0.39 is 52.4 Å². The number of nitrogens with zero attached hydrogens (tertiary/aromatic N) is 1. The molecule has 2 aliphatic heterocycles. The highest BCUT2D eigenvalue weighted by Gasteiger charge is 2.54. The van der Waals surface area contributed by atoms with Gasteiger partial charge in [-0.05, 0) is 12.1 Å². The number of esters is 1. The van der Waals surface area contributed by atoms with Crippen LogP contribution in [0.4, 0.5) is 8.78 Å². The number of carbonyl (C=O) groups excluding carboxylic acids is 3. The van der Waals surface area contributed by atoms with Crippen molar-refractivity contribution in [2.75, 3.05) is 12.4 Å². The normalized spacial score (nSPS) is 21.0. The summed E-state index contributed by atoms with van der Waals surface area (Å²) in [5, 5.41) is 11.1. The number of thioether (sulfide) groups is 1. The summed E-state index contributed by atoms with van der Waals surface area (Å²) in [5.41, 5.74) is -0.474. The molecule has 2 atom stereocenters. The van der Waals surface area contributed by atoms with Crippen molar-refractivity contribution in [1.29, 1.82) is 0 Å². The molecule has 148 valence electrons. The third kappa shape index (κ3) is 3.57. The van der Waals surface area contributed by atoms with E-state index in [4.69, 9.17) is 4.74 Å². The molecule has 1 fully saturated rings. The Hall–Kier alpha value is -2.95. The fourth-order valence-corrected chi connectivity index (χ4v) is 4.20. The Balaban J connectivity index is 1.77. The molecule has 2 amide bonds. The minimum Gasteiger partial charge on any atom is -0.477 e. The first-order valence-corrected chi connectivity index (χ1v) is 9.05. The SMILES string of the molecule is CC(=O)OCC1=C(C(=O)O)N2C(=O)[C@H](NC(=O)c3ccc(F)cc3F)[C@H]2SC1. The standard InChI is InChI=1S/C17H14F2N2O6S/c1-7(22)27-5-8-6-28-16-12(15(24)21(16)13(8)17(25)26)20-14(23)10-3-2-9(18)4-11(10)19/h2-4,12,16H,5-6H2,1H3,(H,20,23)(H,25,26)/t12-,16+/m0/s1. The molecule has 0 aromatic heterocycles. The lowest BCUT2D eigenvalue weighted by molar-refractivity contribution is -0.149. The van der Waals surface area contributed by atoms with Gasteiger partial charge in [-0.1, -0.05) is 0 Å². The molecule has 0 spiro atoms. The van der Waals surface area contributed by atoms with Crippen LogP contribution >= 0.6 is 11.8 Å². The Bertz CT molecular complexity index is 919. The number of carboxylic acids is 1. The van der Waals surface area contributed by atoms with E-state index in [0.717, 1.165) is 17.0 Å². The molecule has 0 radical (unpaired) electrons. The molecule has 2 heterocycles. The van der Waals surface area contributed by atoms with Crippen LogP contribution in [-0.4, -0.2) is 57.5 Å². The van der Waals surface area contributed by atoms with Gasteiger partial charge in [0.05, 0.1) is 5.56 Å². The van der Waals surface area contributed by atoms with Crippen LogP contribution in [-0.2, 0) is 19.1 Å². The van der Waals surface area contributed by atoms with Crippen molar-refractivity contribution in [1.82, 2.24) is 10.2 Å². The Kier molecular flexibility index (Phi) is 5.36. The molecule has 3 rings (SSSR count). The molecule has 0 bridgehead atoms.